The standard InChI is InChI=1S/C21H22ClN3O5S2/c1-4-9-30-19-16(22)10-14(11-18(19)29-2)20(26)24-21-23-17(12-31-21)13-5-7-15(8-6-13)25-32(3,27)28/h5-8,10-12,25H,4,9H2,1-3H3,(H,23,24,26). The Morgan fingerprint density at radius 3 is 2.56 bits per heavy atom. The van der Waals surface area contributed by atoms with Crippen molar-refractivity contribution < 1.29 is 22.7 Å². The van der Waals surface area contributed by atoms with E-state index < -0.39 is 10.0 Å². The van der Waals surface area contributed by atoms with Crippen LogP contribution in [0.5, 0.6) is 11.5 Å². The number of hydrogen-bond acceptors (Lipinski definition) is 7. The second-order valence-corrected chi connectivity index (χ2v) is 9.80. The molecule has 11 heteroatoms. The maximum absolute atomic E-state index is 12.7. The molecule has 32 heavy (non-hydrogen) atoms. The number of aromatic nitrogens is 1. The zero-order chi connectivity index (χ0) is 23.3. The summed E-state index contributed by atoms with van der Waals surface area (Å²) in [7, 11) is -1.86. The van der Waals surface area contributed by atoms with Gasteiger partial charge in [-0.1, -0.05) is 30.7 Å². The normalized spacial score (nSPS) is 11.1. The Balaban J connectivity index is 1.74. The lowest BCUT2D eigenvalue weighted by Gasteiger charge is -2.13. The lowest BCUT2D eigenvalue weighted by Crippen LogP contribution is -2.12. The number of anilines is 2. The fourth-order valence-electron chi connectivity index (χ4n) is 2.75. The van der Waals surface area contributed by atoms with Gasteiger partial charge in [0.2, 0.25) is 10.0 Å². The molecule has 0 aliphatic heterocycles. The molecule has 0 aliphatic carbocycles. The Labute approximate surface area is 195 Å². The van der Waals surface area contributed by atoms with Crippen LogP contribution < -0.4 is 19.5 Å². The average molecular weight is 496 g/mol. The zero-order valence-electron chi connectivity index (χ0n) is 17.6. The van der Waals surface area contributed by atoms with E-state index in [1.165, 1.54) is 24.5 Å². The van der Waals surface area contributed by atoms with Gasteiger partial charge in [0.05, 0.1) is 30.7 Å². The molecule has 0 unspecified atom stereocenters. The quantitative estimate of drug-likeness (QED) is 0.438. The molecule has 0 saturated carbocycles. The fourth-order valence-corrected chi connectivity index (χ4v) is 4.30. The van der Waals surface area contributed by atoms with Crippen molar-refractivity contribution in [3.05, 3.63) is 52.4 Å². The minimum atomic E-state index is -3.34. The van der Waals surface area contributed by atoms with E-state index in [0.717, 1.165) is 18.2 Å². The van der Waals surface area contributed by atoms with Gasteiger partial charge in [-0.3, -0.25) is 14.8 Å². The van der Waals surface area contributed by atoms with Crippen molar-refractivity contribution in [1.29, 1.82) is 0 Å². The van der Waals surface area contributed by atoms with E-state index in [1.54, 1.807) is 35.7 Å². The van der Waals surface area contributed by atoms with Crippen molar-refractivity contribution in [2.24, 2.45) is 0 Å². The van der Waals surface area contributed by atoms with E-state index in [0.29, 0.717) is 40.2 Å². The molecule has 0 aliphatic rings. The summed E-state index contributed by atoms with van der Waals surface area (Å²) < 4.78 is 36.0. The van der Waals surface area contributed by atoms with Crippen LogP contribution in [0, 0.1) is 0 Å². The summed E-state index contributed by atoms with van der Waals surface area (Å²) in [4.78, 5) is 17.2. The zero-order valence-corrected chi connectivity index (χ0v) is 20.0. The van der Waals surface area contributed by atoms with Crippen LogP contribution in [0.2, 0.25) is 5.02 Å². The third-order valence-corrected chi connectivity index (χ3v) is 5.80. The van der Waals surface area contributed by atoms with E-state index in [9.17, 15) is 13.2 Å². The maximum atomic E-state index is 12.7. The van der Waals surface area contributed by atoms with E-state index in [1.807, 2.05) is 6.92 Å². The first-order chi connectivity index (χ1) is 15.2. The Morgan fingerprint density at radius 1 is 1.22 bits per heavy atom. The van der Waals surface area contributed by atoms with Crippen molar-refractivity contribution >= 4 is 49.7 Å². The summed E-state index contributed by atoms with van der Waals surface area (Å²) in [5.41, 5.74) is 2.19. The maximum Gasteiger partial charge on any atom is 0.257 e. The molecular formula is C21H22ClN3O5S2. The number of carbonyl (C=O) groups is 1. The molecule has 170 valence electrons. The molecule has 2 N–H and O–H groups in total. The first-order valence-corrected chi connectivity index (χ1v) is 12.7. The van der Waals surface area contributed by atoms with Crippen LogP contribution in [-0.2, 0) is 10.0 Å². The van der Waals surface area contributed by atoms with Crippen LogP contribution in [0.15, 0.2) is 41.8 Å². The van der Waals surface area contributed by atoms with Crippen LogP contribution in [0.1, 0.15) is 23.7 Å². The number of ether oxygens (including phenoxy) is 2. The Bertz CT molecular complexity index is 1210. The summed E-state index contributed by atoms with van der Waals surface area (Å²) in [5, 5.41) is 5.24. The number of nitrogens with one attached hydrogen (secondary N) is 2. The number of halogens is 1. The summed E-state index contributed by atoms with van der Waals surface area (Å²) in [5.74, 6) is 0.387. The number of amides is 1. The van der Waals surface area contributed by atoms with E-state index in [4.69, 9.17) is 21.1 Å². The number of thiazole rings is 1. The molecular weight excluding hydrogens is 474 g/mol. The summed E-state index contributed by atoms with van der Waals surface area (Å²) in [6.07, 6.45) is 1.90. The minimum absolute atomic E-state index is 0.283. The van der Waals surface area contributed by atoms with Crippen molar-refractivity contribution in [1.82, 2.24) is 4.98 Å². The Hall–Kier alpha value is -2.82. The molecule has 0 bridgehead atoms. The number of sulfonamides is 1. The molecule has 8 nitrogen and oxygen atoms in total. The van der Waals surface area contributed by atoms with Crippen molar-refractivity contribution in [3.8, 4) is 22.8 Å². The molecule has 0 radical (unpaired) electrons. The molecule has 2 aromatic carbocycles. The summed E-state index contributed by atoms with van der Waals surface area (Å²) in [6, 6.07) is 9.86. The van der Waals surface area contributed by atoms with Crippen molar-refractivity contribution in [2.75, 3.05) is 30.0 Å². The SMILES string of the molecule is CCCOc1c(Cl)cc(C(=O)Nc2nc(-c3ccc(NS(C)(=O)=O)cc3)cs2)cc1OC. The highest BCUT2D eigenvalue weighted by molar-refractivity contribution is 7.92. The fraction of sp³-hybridized carbons (Fsp3) is 0.238. The number of carbonyl (C=O) groups excluding carboxylic acids is 1. The van der Waals surface area contributed by atoms with Crippen LogP contribution in [0.4, 0.5) is 10.8 Å². The Morgan fingerprint density at radius 2 is 1.94 bits per heavy atom. The van der Waals surface area contributed by atoms with Gasteiger partial charge in [-0.15, -0.1) is 11.3 Å². The van der Waals surface area contributed by atoms with Gasteiger partial charge in [0.25, 0.3) is 5.91 Å². The largest absolute Gasteiger partial charge is 0.493 e. The smallest absolute Gasteiger partial charge is 0.257 e. The highest BCUT2D eigenvalue weighted by Gasteiger charge is 2.17. The second kappa shape index (κ2) is 10.2. The highest BCUT2D eigenvalue weighted by Crippen LogP contribution is 2.37. The Kier molecular flexibility index (Phi) is 7.60. The molecule has 3 rings (SSSR count). The average Bonchev–Trinajstić information content (AvgIpc) is 3.20. The highest BCUT2D eigenvalue weighted by atomic mass is 35.5. The third-order valence-electron chi connectivity index (χ3n) is 4.15. The van der Waals surface area contributed by atoms with Gasteiger partial charge in [0.15, 0.2) is 16.6 Å². The molecule has 0 atom stereocenters. The molecule has 0 saturated heterocycles. The number of methoxy groups -OCH3 is 1. The lowest BCUT2D eigenvalue weighted by molar-refractivity contribution is 0.102. The monoisotopic (exact) mass is 495 g/mol. The van der Waals surface area contributed by atoms with Gasteiger partial charge < -0.3 is 9.47 Å². The van der Waals surface area contributed by atoms with Crippen molar-refractivity contribution in [3.63, 3.8) is 0 Å². The lowest BCUT2D eigenvalue weighted by atomic mass is 10.1. The number of hydrogen-bond donors (Lipinski definition) is 2. The minimum Gasteiger partial charge on any atom is -0.493 e. The van der Waals surface area contributed by atoms with Crippen molar-refractivity contribution in [2.45, 2.75) is 13.3 Å². The molecule has 3 aromatic rings. The second-order valence-electron chi connectivity index (χ2n) is 6.78. The predicted molar refractivity (Wildman–Crippen MR) is 128 cm³/mol. The van der Waals surface area contributed by atoms with Crippen LogP contribution in [-0.4, -0.2) is 39.3 Å². The predicted octanol–water partition coefficient (Wildman–Crippen LogP) is 4.88. The van der Waals surface area contributed by atoms with E-state index in [2.05, 4.69) is 15.0 Å². The first-order valence-electron chi connectivity index (χ1n) is 9.55. The van der Waals surface area contributed by atoms with Crippen LogP contribution in [0.3, 0.4) is 0 Å². The van der Waals surface area contributed by atoms with Gasteiger partial charge in [-0.05, 0) is 30.7 Å². The van der Waals surface area contributed by atoms with Crippen LogP contribution >= 0.6 is 22.9 Å². The summed E-state index contributed by atoms with van der Waals surface area (Å²) >= 11 is 7.56. The molecule has 0 spiro atoms. The molecule has 0 fully saturated rings. The number of nitrogens with zero attached hydrogens (tertiary/aromatic N) is 1. The number of rotatable bonds is 9. The van der Waals surface area contributed by atoms with E-state index >= 15 is 0 Å². The van der Waals surface area contributed by atoms with Gasteiger partial charge >= 0.3 is 0 Å². The topological polar surface area (TPSA) is 107 Å². The van der Waals surface area contributed by atoms with Gasteiger partial charge in [-0.25, -0.2) is 13.4 Å². The van der Waals surface area contributed by atoms with Gasteiger partial charge in [0.1, 0.15) is 0 Å². The van der Waals surface area contributed by atoms with Gasteiger partial charge in [0, 0.05) is 22.2 Å². The molecule has 1 amide bonds. The van der Waals surface area contributed by atoms with Crippen LogP contribution in [0.25, 0.3) is 11.3 Å². The van der Waals surface area contributed by atoms with Gasteiger partial charge in [-0.2, -0.15) is 0 Å². The molecule has 1 heterocycles. The summed E-state index contributed by atoms with van der Waals surface area (Å²) in [6.45, 7) is 2.46. The molecule has 1 aromatic heterocycles. The third kappa shape index (κ3) is 6.12. The first kappa shape index (κ1) is 23.8. The van der Waals surface area contributed by atoms with E-state index in [-0.39, 0.29) is 10.9 Å². The number of benzene rings is 2.